The summed E-state index contributed by atoms with van der Waals surface area (Å²) in [4.78, 5) is 15.7. The maximum absolute atomic E-state index is 13.1. The van der Waals surface area contributed by atoms with Gasteiger partial charge in [0.15, 0.2) is 0 Å². The molecule has 1 N–H and O–H groups in total. The molecule has 0 saturated heterocycles. The van der Waals surface area contributed by atoms with Crippen LogP contribution in [0.25, 0.3) is 0 Å². The molecular formula is C55H101NO3. The number of carbonyl (C=O) groups excluding carboxylic acids is 1. The van der Waals surface area contributed by atoms with E-state index < -0.39 is 0 Å². The van der Waals surface area contributed by atoms with E-state index in [0.717, 1.165) is 93.5 Å². The third kappa shape index (κ3) is 16.6. The monoisotopic (exact) mass is 824 g/mol. The first kappa shape index (κ1) is 50.8. The molecule has 0 aromatic carbocycles. The van der Waals surface area contributed by atoms with E-state index in [-0.39, 0.29) is 12.1 Å². The summed E-state index contributed by atoms with van der Waals surface area (Å²) in [5.41, 5.74) is 2.48. The summed E-state index contributed by atoms with van der Waals surface area (Å²) < 4.78 is 6.21. The minimum atomic E-state index is 0.0359. The zero-order chi connectivity index (χ0) is 42.4. The average Bonchev–Trinajstić information content (AvgIpc) is 3.57. The van der Waals surface area contributed by atoms with E-state index in [2.05, 4.69) is 52.5 Å². The van der Waals surface area contributed by atoms with Gasteiger partial charge in [-0.2, -0.15) is 0 Å². The Hall–Kier alpha value is -0.870. The standard InChI is InChI=1S/C55H101NO3/c1-7-8-9-10-11-12-13-14-15-16-17-18-19-20-21-24-40-56(42-26-27-43-57)41-25-22-23-31-53(58)59-48-36-38-54(5)47(44-48)32-33-49-51-35-34-50(46(4)30-28-29-45(2)3)55(51,6)39-37-52(49)54/h32,45-46,48-52,57H,7-31,33-44H2,1-6H3. The van der Waals surface area contributed by atoms with Crippen LogP contribution in [0.2, 0.25) is 0 Å². The number of allylic oxidation sites excluding steroid dienone is 1. The summed E-state index contributed by atoms with van der Waals surface area (Å²) in [5.74, 6) is 5.22. The summed E-state index contributed by atoms with van der Waals surface area (Å²) >= 11 is 0. The lowest BCUT2D eigenvalue weighted by Crippen LogP contribution is -2.51. The van der Waals surface area contributed by atoms with Crippen LogP contribution in [-0.2, 0) is 9.53 Å². The molecule has 4 aliphatic rings. The van der Waals surface area contributed by atoms with E-state index in [4.69, 9.17) is 4.74 Å². The Morgan fingerprint density at radius 1 is 0.695 bits per heavy atom. The van der Waals surface area contributed by atoms with Gasteiger partial charge in [-0.3, -0.25) is 4.79 Å². The van der Waals surface area contributed by atoms with Crippen LogP contribution in [0.4, 0.5) is 0 Å². The molecule has 0 heterocycles. The number of unbranched alkanes of at least 4 members (excludes halogenated alkanes) is 18. The molecule has 59 heavy (non-hydrogen) atoms. The Morgan fingerprint density at radius 2 is 1.27 bits per heavy atom. The highest BCUT2D eigenvalue weighted by molar-refractivity contribution is 5.69. The fourth-order valence-electron chi connectivity index (χ4n) is 13.4. The van der Waals surface area contributed by atoms with Gasteiger partial charge in [0.2, 0.25) is 0 Å². The molecular weight excluding hydrogens is 723 g/mol. The summed E-state index contributed by atoms with van der Waals surface area (Å²) in [6, 6.07) is 0. The number of hydrogen-bond acceptors (Lipinski definition) is 4. The Labute approximate surface area is 368 Å². The van der Waals surface area contributed by atoms with Gasteiger partial charge in [0.25, 0.3) is 0 Å². The SMILES string of the molecule is CCCCCCCCCCCCCCCCCCN(CCCCO)CCCCCC(=O)OC1CCC2(C)C(=CCC3C2CCC2(C)C(C(C)CCCC(C)C)CCC32)C1. The minimum absolute atomic E-state index is 0.0359. The van der Waals surface area contributed by atoms with Gasteiger partial charge >= 0.3 is 5.97 Å². The van der Waals surface area contributed by atoms with Gasteiger partial charge in [-0.15, -0.1) is 0 Å². The highest BCUT2D eigenvalue weighted by Gasteiger charge is 2.59. The van der Waals surface area contributed by atoms with E-state index in [1.54, 1.807) is 5.57 Å². The number of fused-ring (bicyclic) bond motifs is 5. The molecule has 0 radical (unpaired) electrons. The summed E-state index contributed by atoms with van der Waals surface area (Å²) in [6.45, 7) is 18.7. The van der Waals surface area contributed by atoms with Crippen molar-refractivity contribution < 1.29 is 14.6 Å². The number of nitrogens with zero attached hydrogens (tertiary/aromatic N) is 1. The summed E-state index contributed by atoms with van der Waals surface area (Å²) in [6.07, 6.45) is 45.5. The molecule has 0 aliphatic heterocycles. The normalized spacial score (nSPS) is 28.4. The molecule has 0 aromatic rings. The topological polar surface area (TPSA) is 49.8 Å². The van der Waals surface area contributed by atoms with Crippen molar-refractivity contribution in [1.82, 2.24) is 4.90 Å². The number of rotatable bonds is 33. The van der Waals surface area contributed by atoms with Crippen LogP contribution < -0.4 is 0 Å². The number of esters is 1. The molecule has 3 fully saturated rings. The Bertz CT molecular complexity index is 1150. The third-order valence-corrected chi connectivity index (χ3v) is 17.1. The van der Waals surface area contributed by atoms with E-state index in [1.165, 1.54) is 167 Å². The molecule has 0 amide bonds. The third-order valence-electron chi connectivity index (χ3n) is 17.1. The predicted octanol–water partition coefficient (Wildman–Crippen LogP) is 15.8. The van der Waals surface area contributed by atoms with Crippen molar-refractivity contribution in [1.29, 1.82) is 0 Å². The summed E-state index contributed by atoms with van der Waals surface area (Å²) in [7, 11) is 0. The second-order valence-electron chi connectivity index (χ2n) is 22.0. The largest absolute Gasteiger partial charge is 0.462 e. The number of aliphatic hydroxyl groups is 1. The molecule has 0 spiro atoms. The van der Waals surface area contributed by atoms with Crippen molar-refractivity contribution in [2.75, 3.05) is 26.2 Å². The van der Waals surface area contributed by atoms with Crippen molar-refractivity contribution >= 4 is 5.97 Å². The Morgan fingerprint density at radius 3 is 1.86 bits per heavy atom. The van der Waals surface area contributed by atoms with Gasteiger partial charge in [0.1, 0.15) is 6.10 Å². The molecule has 4 nitrogen and oxygen atoms in total. The van der Waals surface area contributed by atoms with Crippen molar-refractivity contribution in [3.05, 3.63) is 11.6 Å². The van der Waals surface area contributed by atoms with E-state index >= 15 is 0 Å². The zero-order valence-electron chi connectivity index (χ0n) is 40.5. The van der Waals surface area contributed by atoms with Gasteiger partial charge in [0.05, 0.1) is 0 Å². The second-order valence-corrected chi connectivity index (χ2v) is 22.0. The van der Waals surface area contributed by atoms with Crippen molar-refractivity contribution in [2.24, 2.45) is 46.3 Å². The summed E-state index contributed by atoms with van der Waals surface area (Å²) in [5, 5.41) is 9.36. The second kappa shape index (κ2) is 28.0. The molecule has 3 saturated carbocycles. The lowest BCUT2D eigenvalue weighted by molar-refractivity contribution is -0.151. The van der Waals surface area contributed by atoms with Gasteiger partial charge in [-0.05, 0) is 143 Å². The molecule has 0 aromatic heterocycles. The zero-order valence-corrected chi connectivity index (χ0v) is 40.5. The molecule has 8 atom stereocenters. The smallest absolute Gasteiger partial charge is 0.306 e. The minimum Gasteiger partial charge on any atom is -0.462 e. The van der Waals surface area contributed by atoms with E-state index in [9.17, 15) is 9.90 Å². The molecule has 8 unspecified atom stereocenters. The lowest BCUT2D eigenvalue weighted by Gasteiger charge is -2.58. The first-order chi connectivity index (χ1) is 28.6. The quantitative estimate of drug-likeness (QED) is 0.0407. The maximum atomic E-state index is 13.1. The number of carbonyl (C=O) groups is 1. The van der Waals surface area contributed by atoms with Crippen molar-refractivity contribution in [3.63, 3.8) is 0 Å². The number of hydrogen-bond donors (Lipinski definition) is 1. The average molecular weight is 824 g/mol. The van der Waals surface area contributed by atoms with Crippen LogP contribution in [0.3, 0.4) is 0 Å². The molecule has 0 bridgehead atoms. The van der Waals surface area contributed by atoms with Crippen LogP contribution in [0, 0.1) is 46.3 Å². The number of aliphatic hydroxyl groups excluding tert-OH is 1. The van der Waals surface area contributed by atoms with Crippen molar-refractivity contribution in [2.45, 2.75) is 260 Å². The molecule has 4 aliphatic carbocycles. The molecule has 4 rings (SSSR count). The molecule has 4 heteroatoms. The lowest BCUT2D eigenvalue weighted by atomic mass is 9.47. The first-order valence-electron chi connectivity index (χ1n) is 26.8. The highest BCUT2D eigenvalue weighted by atomic mass is 16.5. The van der Waals surface area contributed by atoms with Crippen LogP contribution in [0.1, 0.15) is 253 Å². The maximum Gasteiger partial charge on any atom is 0.306 e. The van der Waals surface area contributed by atoms with Gasteiger partial charge in [0, 0.05) is 19.4 Å². The van der Waals surface area contributed by atoms with E-state index in [1.807, 2.05) is 0 Å². The van der Waals surface area contributed by atoms with Crippen LogP contribution in [-0.4, -0.2) is 48.3 Å². The van der Waals surface area contributed by atoms with E-state index in [0.29, 0.717) is 23.9 Å². The van der Waals surface area contributed by atoms with Crippen LogP contribution in [0.5, 0.6) is 0 Å². The fourth-order valence-corrected chi connectivity index (χ4v) is 13.4. The highest BCUT2D eigenvalue weighted by Crippen LogP contribution is 2.67. The molecule has 344 valence electrons. The van der Waals surface area contributed by atoms with Crippen LogP contribution in [0.15, 0.2) is 11.6 Å². The van der Waals surface area contributed by atoms with Crippen molar-refractivity contribution in [3.8, 4) is 0 Å². The Balaban J connectivity index is 1.06. The number of ether oxygens (including phenoxy) is 1. The Kier molecular flexibility index (Phi) is 24.1. The predicted molar refractivity (Wildman–Crippen MR) is 254 cm³/mol. The van der Waals surface area contributed by atoms with Gasteiger partial charge < -0.3 is 14.7 Å². The first-order valence-corrected chi connectivity index (χ1v) is 26.8. The fraction of sp³-hybridized carbons (Fsp3) is 0.945. The van der Waals surface area contributed by atoms with Crippen LogP contribution >= 0.6 is 0 Å². The van der Waals surface area contributed by atoms with Gasteiger partial charge in [-0.1, -0.05) is 175 Å². The van der Waals surface area contributed by atoms with Gasteiger partial charge in [-0.25, -0.2) is 0 Å².